The molecule has 0 aliphatic carbocycles. The number of nitro benzene ring substituents is 1. The predicted molar refractivity (Wildman–Crippen MR) is 136 cm³/mol. The van der Waals surface area contributed by atoms with Crippen LogP contribution in [0.25, 0.3) is 11.3 Å². The van der Waals surface area contributed by atoms with Crippen LogP contribution in [-0.2, 0) is 0 Å². The molecule has 0 fully saturated rings. The average Bonchev–Trinajstić information content (AvgIpc) is 2.88. The van der Waals surface area contributed by atoms with Crippen LogP contribution in [0.4, 0.5) is 15.8 Å². The smallest absolute Gasteiger partial charge is 0.305 e. The lowest BCUT2D eigenvalue weighted by atomic mass is 10.2. The van der Waals surface area contributed by atoms with Crippen molar-refractivity contribution in [2.24, 2.45) is 10.3 Å². The van der Waals surface area contributed by atoms with Crippen LogP contribution in [-0.4, -0.2) is 10.4 Å². The van der Waals surface area contributed by atoms with Gasteiger partial charge in [0.15, 0.2) is 0 Å². The Bertz CT molecular complexity index is 1360. The van der Waals surface area contributed by atoms with E-state index in [4.69, 9.17) is 0 Å². The molecular formula is C26H19FN4O2P-. The summed E-state index contributed by atoms with van der Waals surface area (Å²) in [5, 5.41) is 25.7. The van der Waals surface area contributed by atoms with E-state index in [0.29, 0.717) is 0 Å². The maximum atomic E-state index is 13.7. The van der Waals surface area contributed by atoms with Crippen LogP contribution in [0.3, 0.4) is 0 Å². The van der Waals surface area contributed by atoms with Crippen molar-refractivity contribution >= 4 is 40.5 Å². The molecule has 0 N–H and O–H groups in total. The number of benzene rings is 4. The van der Waals surface area contributed by atoms with E-state index in [2.05, 4.69) is 21.0 Å². The Labute approximate surface area is 196 Å². The molecule has 0 bridgehead atoms. The topological polar surface area (TPSA) is 82.0 Å². The fraction of sp³-hybridized carbons (Fsp3) is 0. The summed E-state index contributed by atoms with van der Waals surface area (Å²) in [6.07, 6.45) is 1.88. The van der Waals surface area contributed by atoms with Crippen molar-refractivity contribution < 1.29 is 9.31 Å². The Morgan fingerprint density at radius 2 is 1.41 bits per heavy atom. The zero-order valence-electron chi connectivity index (χ0n) is 17.9. The van der Waals surface area contributed by atoms with Gasteiger partial charge in [-0.2, -0.15) is 4.39 Å². The van der Waals surface area contributed by atoms with Crippen molar-refractivity contribution in [1.82, 2.24) is 0 Å². The normalized spacial score (nSPS) is 11.1. The van der Waals surface area contributed by atoms with Crippen molar-refractivity contribution in [2.75, 3.05) is 0 Å². The Balaban J connectivity index is 1.86. The number of nitrogens with zero attached hydrogens (tertiary/aromatic N) is 4. The van der Waals surface area contributed by atoms with Gasteiger partial charge < -0.3 is 10.3 Å². The summed E-state index contributed by atoms with van der Waals surface area (Å²) in [6.45, 7) is 0. The van der Waals surface area contributed by atoms with Crippen LogP contribution in [0.5, 0.6) is 0 Å². The molecule has 6 nitrogen and oxygen atoms in total. The van der Waals surface area contributed by atoms with Crippen molar-refractivity contribution in [3.05, 3.63) is 136 Å². The van der Waals surface area contributed by atoms with Gasteiger partial charge in [-0.15, -0.1) is 5.45 Å². The Hall–Kier alpha value is -4.31. The van der Waals surface area contributed by atoms with E-state index in [-0.39, 0.29) is 5.69 Å². The molecule has 0 aliphatic heterocycles. The number of hydrogen-bond acceptors (Lipinski definition) is 4. The largest absolute Gasteiger partial charge is 0.350 e. The summed E-state index contributed by atoms with van der Waals surface area (Å²) < 4.78 is 13.7. The van der Waals surface area contributed by atoms with E-state index in [1.807, 2.05) is 97.1 Å². The summed E-state index contributed by atoms with van der Waals surface area (Å²) >= 11 is 0. The van der Waals surface area contributed by atoms with Gasteiger partial charge >= 0.3 is 5.69 Å². The number of nitro groups is 1. The second-order valence-electron chi connectivity index (χ2n) is 7.16. The second kappa shape index (κ2) is 10.5. The standard InChI is InChI=1S/C26H19FN4O2P/c27-25-17-16-22(20-26(25)31(32)33)28-29-30-34(23-12-6-2-7-13-23,24-14-8-3-9-15-24)19-18-21-10-4-1-5-11-21/h1-18,20H/q-1. The molecule has 34 heavy (non-hydrogen) atoms. The molecule has 0 aliphatic rings. The average molecular weight is 469 g/mol. The van der Waals surface area contributed by atoms with Crippen LogP contribution >= 0.6 is 7.04 Å². The van der Waals surface area contributed by atoms with Gasteiger partial charge in [0.25, 0.3) is 0 Å². The SMILES string of the molecule is O=[N+]([O-])c1cc(N=N[N-]P(=C=Cc2ccccc2)(c2ccccc2)c2ccccc2)ccc1F. The minimum Gasteiger partial charge on any atom is -0.350 e. The molecule has 0 aromatic heterocycles. The maximum Gasteiger partial charge on any atom is 0.305 e. The van der Waals surface area contributed by atoms with Crippen molar-refractivity contribution in [2.45, 2.75) is 0 Å². The van der Waals surface area contributed by atoms with E-state index >= 15 is 0 Å². The van der Waals surface area contributed by atoms with E-state index in [1.54, 1.807) is 0 Å². The van der Waals surface area contributed by atoms with Crippen LogP contribution in [0.15, 0.2) is 120 Å². The first-order valence-electron chi connectivity index (χ1n) is 10.3. The molecule has 4 aromatic carbocycles. The van der Waals surface area contributed by atoms with Crippen LogP contribution in [0.2, 0.25) is 0 Å². The highest BCUT2D eigenvalue weighted by Gasteiger charge is 2.18. The molecule has 0 amide bonds. The van der Waals surface area contributed by atoms with Crippen LogP contribution < -0.4 is 10.6 Å². The molecule has 0 atom stereocenters. The highest BCUT2D eigenvalue weighted by Crippen LogP contribution is 2.51. The third kappa shape index (κ3) is 5.18. The second-order valence-corrected chi connectivity index (χ2v) is 9.90. The molecule has 0 saturated heterocycles. The molecule has 8 heteroatoms. The Morgan fingerprint density at radius 3 is 1.97 bits per heavy atom. The van der Waals surface area contributed by atoms with Gasteiger partial charge in [-0.25, -0.2) is 0 Å². The van der Waals surface area contributed by atoms with Crippen molar-refractivity contribution in [1.29, 1.82) is 0 Å². The lowest BCUT2D eigenvalue weighted by Crippen LogP contribution is -2.15. The van der Waals surface area contributed by atoms with Gasteiger partial charge in [0, 0.05) is 13.1 Å². The number of hydrogen-bond donors (Lipinski definition) is 0. The molecule has 0 heterocycles. The van der Waals surface area contributed by atoms with E-state index < -0.39 is 23.5 Å². The van der Waals surface area contributed by atoms with Gasteiger partial charge in [0.1, 0.15) is 0 Å². The van der Waals surface area contributed by atoms with Gasteiger partial charge in [-0.1, -0.05) is 97.1 Å². The highest BCUT2D eigenvalue weighted by atomic mass is 31.2. The van der Waals surface area contributed by atoms with Gasteiger partial charge in [0.2, 0.25) is 5.82 Å². The first-order chi connectivity index (χ1) is 16.6. The fourth-order valence-corrected chi connectivity index (χ4v) is 5.82. The number of halogens is 1. The lowest BCUT2D eigenvalue weighted by Gasteiger charge is -2.29. The number of rotatable bonds is 7. The maximum absolute atomic E-state index is 13.7. The molecule has 0 unspecified atom stereocenters. The van der Waals surface area contributed by atoms with Gasteiger partial charge in [-0.3, -0.25) is 15.3 Å². The zero-order valence-corrected chi connectivity index (χ0v) is 18.8. The van der Waals surface area contributed by atoms with Gasteiger partial charge in [0.05, 0.1) is 4.92 Å². The summed E-state index contributed by atoms with van der Waals surface area (Å²) in [5.41, 5.74) is 3.92. The summed E-state index contributed by atoms with van der Waals surface area (Å²) in [5.74, 6) is -0.935. The molecule has 4 rings (SSSR count). The molecule has 4 aromatic rings. The van der Waals surface area contributed by atoms with E-state index in [9.17, 15) is 14.5 Å². The van der Waals surface area contributed by atoms with Gasteiger partial charge in [-0.05, 0) is 34.0 Å². The van der Waals surface area contributed by atoms with Crippen LogP contribution in [0, 0.1) is 15.9 Å². The van der Waals surface area contributed by atoms with Crippen molar-refractivity contribution in [3.8, 4) is 0 Å². The molecule has 0 radical (unpaired) electrons. The first-order valence-corrected chi connectivity index (χ1v) is 12.1. The predicted octanol–water partition coefficient (Wildman–Crippen LogP) is 6.80. The third-order valence-corrected chi connectivity index (χ3v) is 7.88. The van der Waals surface area contributed by atoms with Crippen LogP contribution in [0.1, 0.15) is 5.56 Å². The third-order valence-electron chi connectivity index (χ3n) is 4.94. The summed E-state index contributed by atoms with van der Waals surface area (Å²) in [4.78, 5) is 10.3. The Morgan fingerprint density at radius 1 is 0.853 bits per heavy atom. The van der Waals surface area contributed by atoms with E-state index in [1.165, 1.54) is 6.07 Å². The molecule has 0 saturated carbocycles. The van der Waals surface area contributed by atoms with Crippen molar-refractivity contribution in [3.63, 3.8) is 0 Å². The monoisotopic (exact) mass is 469 g/mol. The minimum atomic E-state index is -2.69. The molecular weight excluding hydrogens is 450 g/mol. The zero-order chi connectivity index (χ0) is 23.8. The highest BCUT2D eigenvalue weighted by molar-refractivity contribution is 7.90. The lowest BCUT2D eigenvalue weighted by molar-refractivity contribution is -0.387. The quantitative estimate of drug-likeness (QED) is 0.129. The fourth-order valence-electron chi connectivity index (χ4n) is 3.27. The van der Waals surface area contributed by atoms with E-state index in [0.717, 1.165) is 28.3 Å². The molecule has 0 spiro atoms. The molecule has 168 valence electrons. The summed E-state index contributed by atoms with van der Waals surface area (Å²) in [7, 11) is -2.69. The minimum absolute atomic E-state index is 0.128. The Kier molecular flexibility index (Phi) is 7.09. The first kappa shape index (κ1) is 22.9. The summed E-state index contributed by atoms with van der Waals surface area (Å²) in [6, 6.07) is 32.5.